The van der Waals surface area contributed by atoms with Gasteiger partial charge in [-0.05, 0) is 20.3 Å². The van der Waals surface area contributed by atoms with Crippen LogP contribution in [0.4, 0.5) is 0 Å². The highest BCUT2D eigenvalue weighted by atomic mass is 16.5. The first-order valence-corrected chi connectivity index (χ1v) is 6.04. The molecule has 2 atom stereocenters. The molecule has 0 bridgehead atoms. The van der Waals surface area contributed by atoms with Crippen LogP contribution in [0.2, 0.25) is 0 Å². The smallest absolute Gasteiger partial charge is 0.0780 e. The van der Waals surface area contributed by atoms with Crippen LogP contribution in [0.3, 0.4) is 0 Å². The normalized spacial score (nSPS) is 15.2. The van der Waals surface area contributed by atoms with E-state index in [1.807, 2.05) is 13.8 Å². The average molecular weight is 218 g/mol. The van der Waals surface area contributed by atoms with Crippen LogP contribution >= 0.6 is 0 Å². The molecule has 0 heterocycles. The van der Waals surface area contributed by atoms with Gasteiger partial charge in [-0.25, -0.2) is 0 Å². The van der Waals surface area contributed by atoms with Gasteiger partial charge in [0.15, 0.2) is 0 Å². The Morgan fingerprint density at radius 1 is 1.00 bits per heavy atom. The van der Waals surface area contributed by atoms with Crippen LogP contribution in [0.25, 0.3) is 0 Å². The van der Waals surface area contributed by atoms with Gasteiger partial charge in [0, 0.05) is 6.61 Å². The van der Waals surface area contributed by atoms with Gasteiger partial charge in [-0.15, -0.1) is 0 Å². The fourth-order valence-corrected chi connectivity index (χ4v) is 1.21. The van der Waals surface area contributed by atoms with Crippen molar-refractivity contribution in [2.24, 2.45) is 0 Å². The maximum Gasteiger partial charge on any atom is 0.0780 e. The highest BCUT2D eigenvalue weighted by Crippen LogP contribution is 2.02. The Labute approximate surface area is 93.8 Å². The minimum absolute atomic E-state index is 0.0726. The first-order chi connectivity index (χ1) is 7.20. The summed E-state index contributed by atoms with van der Waals surface area (Å²) in [4.78, 5) is 0. The van der Waals surface area contributed by atoms with E-state index in [1.54, 1.807) is 0 Å². The van der Waals surface area contributed by atoms with Gasteiger partial charge in [0.25, 0.3) is 0 Å². The molecule has 0 aliphatic heterocycles. The zero-order valence-corrected chi connectivity index (χ0v) is 10.4. The van der Waals surface area contributed by atoms with Gasteiger partial charge in [0.2, 0.25) is 0 Å². The molecule has 0 saturated carbocycles. The van der Waals surface area contributed by atoms with E-state index in [-0.39, 0.29) is 18.8 Å². The highest BCUT2D eigenvalue weighted by Gasteiger charge is 2.05. The summed E-state index contributed by atoms with van der Waals surface area (Å²) in [5, 5.41) is 8.76. The first-order valence-electron chi connectivity index (χ1n) is 6.04. The molecule has 1 N–H and O–H groups in total. The Morgan fingerprint density at radius 3 is 2.33 bits per heavy atom. The van der Waals surface area contributed by atoms with Crippen LogP contribution in [0.1, 0.15) is 46.5 Å². The summed E-state index contributed by atoms with van der Waals surface area (Å²) in [6.45, 7) is 7.52. The number of aliphatic hydroxyl groups is 1. The van der Waals surface area contributed by atoms with Crippen LogP contribution in [0, 0.1) is 0 Å². The summed E-state index contributed by atoms with van der Waals surface area (Å²) in [7, 11) is 0. The predicted octanol–water partition coefficient (Wildman–Crippen LogP) is 2.37. The van der Waals surface area contributed by atoms with Gasteiger partial charge < -0.3 is 14.6 Å². The van der Waals surface area contributed by atoms with Crippen LogP contribution < -0.4 is 0 Å². The van der Waals surface area contributed by atoms with Crippen molar-refractivity contribution in [1.82, 2.24) is 0 Å². The molecule has 92 valence electrons. The molecule has 0 saturated heterocycles. The summed E-state index contributed by atoms with van der Waals surface area (Å²) in [5.41, 5.74) is 0. The zero-order chi connectivity index (χ0) is 11.5. The van der Waals surface area contributed by atoms with Crippen molar-refractivity contribution in [3.63, 3.8) is 0 Å². The third kappa shape index (κ3) is 10.2. The quantitative estimate of drug-likeness (QED) is 0.572. The van der Waals surface area contributed by atoms with Crippen LogP contribution in [0.15, 0.2) is 0 Å². The highest BCUT2D eigenvalue weighted by molar-refractivity contribution is 4.51. The predicted molar refractivity (Wildman–Crippen MR) is 62.1 cm³/mol. The lowest BCUT2D eigenvalue weighted by molar-refractivity contribution is -0.0459. The summed E-state index contributed by atoms with van der Waals surface area (Å²) >= 11 is 0. The molecule has 0 rings (SSSR count). The largest absolute Gasteiger partial charge is 0.394 e. The topological polar surface area (TPSA) is 38.7 Å². The molecule has 15 heavy (non-hydrogen) atoms. The van der Waals surface area contributed by atoms with Crippen molar-refractivity contribution in [3.05, 3.63) is 0 Å². The lowest BCUT2D eigenvalue weighted by Gasteiger charge is -2.16. The van der Waals surface area contributed by atoms with Crippen molar-refractivity contribution in [1.29, 1.82) is 0 Å². The van der Waals surface area contributed by atoms with Crippen molar-refractivity contribution in [2.45, 2.75) is 58.7 Å². The first kappa shape index (κ1) is 14.9. The van der Waals surface area contributed by atoms with Gasteiger partial charge in [0.1, 0.15) is 0 Å². The number of unbranched alkanes of at least 4 members (excludes halogenated alkanes) is 3. The van der Waals surface area contributed by atoms with E-state index in [9.17, 15) is 0 Å². The maximum absolute atomic E-state index is 8.76. The van der Waals surface area contributed by atoms with Crippen molar-refractivity contribution < 1.29 is 14.6 Å². The fraction of sp³-hybridized carbons (Fsp3) is 1.00. The third-order valence-corrected chi connectivity index (χ3v) is 2.27. The third-order valence-electron chi connectivity index (χ3n) is 2.27. The van der Waals surface area contributed by atoms with Crippen LogP contribution in [0.5, 0.6) is 0 Å². The van der Waals surface area contributed by atoms with E-state index >= 15 is 0 Å². The van der Waals surface area contributed by atoms with Gasteiger partial charge in [-0.2, -0.15) is 0 Å². The molecule has 0 aromatic rings. The fourth-order valence-electron chi connectivity index (χ4n) is 1.21. The van der Waals surface area contributed by atoms with E-state index in [0.717, 1.165) is 13.0 Å². The van der Waals surface area contributed by atoms with Crippen molar-refractivity contribution >= 4 is 0 Å². The number of rotatable bonds is 10. The minimum Gasteiger partial charge on any atom is -0.394 e. The molecule has 0 aliphatic rings. The van der Waals surface area contributed by atoms with E-state index < -0.39 is 0 Å². The molecular weight excluding hydrogens is 192 g/mol. The Balaban J connectivity index is 3.21. The molecule has 0 aliphatic carbocycles. The number of ether oxygens (including phenoxy) is 2. The molecule has 0 fully saturated rings. The van der Waals surface area contributed by atoms with Gasteiger partial charge in [-0.3, -0.25) is 0 Å². The number of aliphatic hydroxyl groups excluding tert-OH is 1. The summed E-state index contributed by atoms with van der Waals surface area (Å²) in [6.07, 6.45) is 4.96. The maximum atomic E-state index is 8.76. The summed E-state index contributed by atoms with van der Waals surface area (Å²) < 4.78 is 10.9. The molecule has 0 aromatic carbocycles. The minimum atomic E-state index is -0.0869. The molecule has 3 nitrogen and oxygen atoms in total. The molecular formula is C12H26O3. The second-order valence-electron chi connectivity index (χ2n) is 4.07. The zero-order valence-electron chi connectivity index (χ0n) is 10.4. The number of hydrogen-bond donors (Lipinski definition) is 1. The average Bonchev–Trinajstić information content (AvgIpc) is 2.25. The Morgan fingerprint density at radius 2 is 1.73 bits per heavy atom. The molecule has 2 unspecified atom stereocenters. The van der Waals surface area contributed by atoms with Crippen LogP contribution in [-0.4, -0.2) is 37.1 Å². The molecule has 0 amide bonds. The molecule has 0 radical (unpaired) electrons. The Hall–Kier alpha value is -0.120. The Bertz CT molecular complexity index is 128. The Kier molecular flexibility index (Phi) is 10.3. The second kappa shape index (κ2) is 10.4. The SMILES string of the molecule is CCCCCCOC(C)COC(C)CO. The van der Waals surface area contributed by atoms with E-state index in [1.165, 1.54) is 19.3 Å². The van der Waals surface area contributed by atoms with Gasteiger partial charge in [0.05, 0.1) is 25.4 Å². The van der Waals surface area contributed by atoms with E-state index in [0.29, 0.717) is 6.61 Å². The molecule has 0 spiro atoms. The molecule has 3 heteroatoms. The van der Waals surface area contributed by atoms with E-state index in [2.05, 4.69) is 6.92 Å². The van der Waals surface area contributed by atoms with Gasteiger partial charge >= 0.3 is 0 Å². The monoisotopic (exact) mass is 218 g/mol. The summed E-state index contributed by atoms with van der Waals surface area (Å²) in [5.74, 6) is 0. The summed E-state index contributed by atoms with van der Waals surface area (Å²) in [6, 6.07) is 0. The lowest BCUT2D eigenvalue weighted by Crippen LogP contribution is -2.22. The number of hydrogen-bond acceptors (Lipinski definition) is 3. The van der Waals surface area contributed by atoms with Crippen LogP contribution in [-0.2, 0) is 9.47 Å². The standard InChI is InChI=1S/C12H26O3/c1-4-5-6-7-8-14-12(3)10-15-11(2)9-13/h11-13H,4-10H2,1-3H3. The second-order valence-corrected chi connectivity index (χ2v) is 4.07. The van der Waals surface area contributed by atoms with Crippen molar-refractivity contribution in [2.75, 3.05) is 19.8 Å². The lowest BCUT2D eigenvalue weighted by atomic mass is 10.2. The molecule has 0 aromatic heterocycles. The van der Waals surface area contributed by atoms with Crippen molar-refractivity contribution in [3.8, 4) is 0 Å². The van der Waals surface area contributed by atoms with Gasteiger partial charge in [-0.1, -0.05) is 26.2 Å². The van der Waals surface area contributed by atoms with E-state index in [4.69, 9.17) is 14.6 Å².